The van der Waals surface area contributed by atoms with Crippen LogP contribution in [-0.2, 0) is 32.3 Å². The summed E-state index contributed by atoms with van der Waals surface area (Å²) in [6, 6.07) is 25.1. The molecule has 4 aromatic carbocycles. The molecule has 0 N–H and O–H groups in total. The number of rotatable bonds is 10. The zero-order valence-electron chi connectivity index (χ0n) is 42.0. The number of amides is 4. The van der Waals surface area contributed by atoms with E-state index in [1.165, 1.54) is 33.9 Å². The zero-order valence-corrected chi connectivity index (χ0v) is 42.0. The van der Waals surface area contributed by atoms with Gasteiger partial charge in [0.15, 0.2) is 22.9 Å². The summed E-state index contributed by atoms with van der Waals surface area (Å²) in [4.78, 5) is 71.4. The van der Waals surface area contributed by atoms with E-state index in [1.54, 1.807) is 41.5 Å². The maximum atomic E-state index is 14.7. The third-order valence-corrected chi connectivity index (χ3v) is 11.8. The van der Waals surface area contributed by atoms with Crippen molar-refractivity contribution in [3.05, 3.63) is 156 Å². The fraction of sp³-hybridized carbons (Fsp3) is 0.296. The van der Waals surface area contributed by atoms with Crippen LogP contribution in [0.1, 0.15) is 89.0 Å². The fourth-order valence-corrected chi connectivity index (χ4v) is 8.26. The summed E-state index contributed by atoms with van der Waals surface area (Å²) >= 11 is 0. The van der Waals surface area contributed by atoms with E-state index in [4.69, 9.17) is 18.9 Å². The second kappa shape index (κ2) is 21.2. The predicted molar refractivity (Wildman–Crippen MR) is 265 cm³/mol. The average molecular weight is 1040 g/mol. The number of carbonyl (C=O) groups excluding carboxylic acids is 4. The van der Waals surface area contributed by atoms with Crippen LogP contribution in [0.3, 0.4) is 0 Å². The van der Waals surface area contributed by atoms with E-state index < -0.39 is 70.3 Å². The Kier molecular flexibility index (Phi) is 14.5. The molecule has 18 nitrogen and oxygen atoms in total. The number of ether oxygens (including phenoxy) is 4. The van der Waals surface area contributed by atoms with E-state index in [-0.39, 0.29) is 85.2 Å². The van der Waals surface area contributed by atoms with Crippen LogP contribution in [-0.4, -0.2) is 97.6 Å². The summed E-state index contributed by atoms with van der Waals surface area (Å²) in [5, 5.41) is 9.28. The van der Waals surface area contributed by atoms with Crippen molar-refractivity contribution < 1.29 is 55.7 Å². The minimum Gasteiger partial charge on any atom is -0.472 e. The number of likely N-dealkylation sites (tertiary alicyclic amines) is 2. The van der Waals surface area contributed by atoms with Crippen molar-refractivity contribution in [3.63, 3.8) is 0 Å². The number of nitrogens with zero attached hydrogens (tertiary/aromatic N) is 10. The lowest BCUT2D eigenvalue weighted by Gasteiger charge is -2.23. The van der Waals surface area contributed by atoms with Crippen LogP contribution < -0.4 is 9.47 Å². The molecule has 2 unspecified atom stereocenters. The first-order valence-corrected chi connectivity index (χ1v) is 24.0. The van der Waals surface area contributed by atoms with Crippen molar-refractivity contribution in [2.24, 2.45) is 0 Å². The highest BCUT2D eigenvalue weighted by molar-refractivity contribution is 5.98. The van der Waals surface area contributed by atoms with E-state index in [2.05, 4.69) is 30.1 Å². The molecular formula is C54H50F4N10O8. The standard InChI is InChI=1S/2C27H25F2N5O4/c1-27(2,3)38-26(36)33-14-17(11-22(33)35)23-31-24-19(25(32-23)37-15-16-7-5-4-6-8-16)13-30-34(24)21-10-9-18(28)12-20(21)29;1-27(2,3)38-26(36)33-12-11-18(25(33)35)22-31-23-19(24(32-22)37-15-16-7-5-4-6-8-16)14-30-34(23)21-10-9-17(28)13-20(21)29/h4-10,12-13,17H,11,14-15H2,1-3H3;4-10,13-14,18H,11-12,15H2,1-3H3. The molecule has 0 saturated carbocycles. The Bertz CT molecular complexity index is 3470. The first-order chi connectivity index (χ1) is 36.2. The molecule has 22 heteroatoms. The molecule has 392 valence electrons. The normalized spacial score (nSPS) is 15.8. The molecule has 2 saturated heterocycles. The van der Waals surface area contributed by atoms with Gasteiger partial charge in [0.25, 0.3) is 0 Å². The minimum atomic E-state index is -0.854. The number of imide groups is 2. The van der Waals surface area contributed by atoms with Crippen LogP contribution >= 0.6 is 0 Å². The summed E-state index contributed by atoms with van der Waals surface area (Å²) in [5.74, 6) is -4.80. The van der Waals surface area contributed by atoms with Crippen molar-refractivity contribution >= 4 is 46.1 Å². The van der Waals surface area contributed by atoms with Gasteiger partial charge in [0, 0.05) is 37.6 Å². The molecule has 2 atom stereocenters. The molecule has 8 aromatic rings. The zero-order chi connectivity index (χ0) is 54.1. The summed E-state index contributed by atoms with van der Waals surface area (Å²) < 4.78 is 81.6. The number of hydrogen-bond donors (Lipinski definition) is 0. The summed E-state index contributed by atoms with van der Waals surface area (Å²) in [7, 11) is 0. The van der Waals surface area contributed by atoms with Crippen molar-refractivity contribution in [1.29, 1.82) is 0 Å². The van der Waals surface area contributed by atoms with Crippen LogP contribution in [0.15, 0.2) is 109 Å². The monoisotopic (exact) mass is 1040 g/mol. The minimum absolute atomic E-state index is 0.0103. The van der Waals surface area contributed by atoms with Gasteiger partial charge in [-0.3, -0.25) is 9.59 Å². The SMILES string of the molecule is CC(C)(C)OC(=O)N1CC(c2nc(OCc3ccccc3)c3cnn(-c4ccc(F)cc4F)c3n2)CC1=O.CC(C)(C)OC(=O)N1CCC(c2nc(OCc3ccccc3)c3cnn(-c4ccc(F)cc4F)c3n2)C1=O. The first-order valence-electron chi connectivity index (χ1n) is 24.0. The lowest BCUT2D eigenvalue weighted by molar-refractivity contribution is -0.128. The van der Waals surface area contributed by atoms with Gasteiger partial charge in [0.1, 0.15) is 75.8 Å². The molecule has 0 aliphatic carbocycles. The lowest BCUT2D eigenvalue weighted by atomic mass is 10.1. The molecule has 0 radical (unpaired) electrons. The van der Waals surface area contributed by atoms with Gasteiger partial charge in [0.05, 0.1) is 12.4 Å². The quantitative estimate of drug-likeness (QED) is 0.117. The molecule has 2 fully saturated rings. The topological polar surface area (TPSA) is 199 Å². The van der Waals surface area contributed by atoms with Gasteiger partial charge in [-0.2, -0.15) is 20.2 Å². The van der Waals surface area contributed by atoms with E-state index in [1.807, 2.05) is 60.7 Å². The average Bonchev–Trinajstić information content (AvgIpc) is 4.20. The van der Waals surface area contributed by atoms with Crippen molar-refractivity contribution in [3.8, 4) is 23.1 Å². The van der Waals surface area contributed by atoms with Crippen LogP contribution in [0.2, 0.25) is 0 Å². The van der Waals surface area contributed by atoms with Gasteiger partial charge in [-0.15, -0.1) is 0 Å². The molecular weight excluding hydrogens is 993 g/mol. The Morgan fingerprint density at radius 1 is 0.605 bits per heavy atom. The number of carbonyl (C=O) groups is 4. The number of fused-ring (bicyclic) bond motifs is 2. The van der Waals surface area contributed by atoms with Gasteiger partial charge in [-0.1, -0.05) is 60.7 Å². The Hall–Kier alpha value is -8.82. The van der Waals surface area contributed by atoms with Gasteiger partial charge in [-0.25, -0.2) is 56.3 Å². The smallest absolute Gasteiger partial charge is 0.417 e. The number of halogens is 4. The van der Waals surface area contributed by atoms with Crippen LogP contribution in [0.4, 0.5) is 27.2 Å². The molecule has 10 rings (SSSR count). The number of benzene rings is 4. The maximum Gasteiger partial charge on any atom is 0.417 e. The van der Waals surface area contributed by atoms with Crippen molar-refractivity contribution in [1.82, 2.24) is 49.3 Å². The molecule has 2 aliphatic rings. The highest BCUT2D eigenvalue weighted by atomic mass is 19.1. The highest BCUT2D eigenvalue weighted by Crippen LogP contribution is 2.35. The predicted octanol–water partition coefficient (Wildman–Crippen LogP) is 9.85. The third kappa shape index (κ3) is 11.6. The molecule has 76 heavy (non-hydrogen) atoms. The van der Waals surface area contributed by atoms with E-state index in [0.29, 0.717) is 10.8 Å². The fourth-order valence-electron chi connectivity index (χ4n) is 8.26. The van der Waals surface area contributed by atoms with Gasteiger partial charge in [0.2, 0.25) is 23.6 Å². The van der Waals surface area contributed by atoms with E-state index >= 15 is 0 Å². The first kappa shape index (κ1) is 52.1. The third-order valence-electron chi connectivity index (χ3n) is 11.8. The lowest BCUT2D eigenvalue weighted by Crippen LogP contribution is -2.38. The van der Waals surface area contributed by atoms with Gasteiger partial charge >= 0.3 is 12.2 Å². The molecule has 4 amide bonds. The van der Waals surface area contributed by atoms with Gasteiger partial charge < -0.3 is 18.9 Å². The van der Waals surface area contributed by atoms with E-state index in [0.717, 1.165) is 45.2 Å². The second-order valence-corrected chi connectivity index (χ2v) is 19.8. The van der Waals surface area contributed by atoms with Crippen LogP contribution in [0.5, 0.6) is 11.8 Å². The van der Waals surface area contributed by atoms with Gasteiger partial charge in [-0.05, 0) is 83.4 Å². The highest BCUT2D eigenvalue weighted by Gasteiger charge is 2.42. The van der Waals surface area contributed by atoms with Crippen molar-refractivity contribution in [2.45, 2.75) is 90.6 Å². The van der Waals surface area contributed by atoms with Crippen LogP contribution in [0, 0.1) is 23.3 Å². The molecule has 0 bridgehead atoms. The Balaban J connectivity index is 0.000000186. The second-order valence-electron chi connectivity index (χ2n) is 19.8. The number of aromatic nitrogens is 8. The van der Waals surface area contributed by atoms with Crippen molar-refractivity contribution in [2.75, 3.05) is 13.1 Å². The van der Waals surface area contributed by atoms with Crippen LogP contribution in [0.25, 0.3) is 33.4 Å². The Labute approximate surface area is 432 Å². The maximum absolute atomic E-state index is 14.7. The Morgan fingerprint density at radius 3 is 1.54 bits per heavy atom. The number of hydrogen-bond acceptors (Lipinski definition) is 14. The molecule has 0 spiro atoms. The Morgan fingerprint density at radius 2 is 1.07 bits per heavy atom. The molecule has 4 aromatic heterocycles. The van der Waals surface area contributed by atoms with E-state index in [9.17, 15) is 36.7 Å². The molecule has 2 aliphatic heterocycles. The summed E-state index contributed by atoms with van der Waals surface area (Å²) in [5.41, 5.74) is 0.574. The summed E-state index contributed by atoms with van der Waals surface area (Å²) in [6.07, 6.45) is 1.61. The molecule has 6 heterocycles. The summed E-state index contributed by atoms with van der Waals surface area (Å²) in [6.45, 7) is 10.8. The largest absolute Gasteiger partial charge is 0.472 e.